The SMILES string of the molecule is CCC(=O)Nc1ccc(C(C)(C)C)nc1. The van der Waals surface area contributed by atoms with Gasteiger partial charge in [0.25, 0.3) is 0 Å². The summed E-state index contributed by atoms with van der Waals surface area (Å²) in [5.74, 6) is 0.0142. The zero-order valence-electron chi connectivity index (χ0n) is 9.79. The predicted octanol–water partition coefficient (Wildman–Crippen LogP) is 2.73. The highest BCUT2D eigenvalue weighted by molar-refractivity contribution is 5.90. The van der Waals surface area contributed by atoms with Gasteiger partial charge in [-0.1, -0.05) is 27.7 Å². The van der Waals surface area contributed by atoms with Gasteiger partial charge in [0, 0.05) is 17.5 Å². The molecule has 0 aliphatic rings. The van der Waals surface area contributed by atoms with Gasteiger partial charge in [0.1, 0.15) is 0 Å². The van der Waals surface area contributed by atoms with Crippen LogP contribution in [0.4, 0.5) is 5.69 Å². The van der Waals surface area contributed by atoms with Crippen molar-refractivity contribution >= 4 is 11.6 Å². The highest BCUT2D eigenvalue weighted by Crippen LogP contribution is 2.20. The van der Waals surface area contributed by atoms with E-state index in [9.17, 15) is 4.79 Å². The average Bonchev–Trinajstić information content (AvgIpc) is 2.17. The molecular formula is C12H18N2O. The van der Waals surface area contributed by atoms with E-state index in [4.69, 9.17) is 0 Å². The second-order valence-corrected chi connectivity index (χ2v) is 4.58. The number of carbonyl (C=O) groups is 1. The summed E-state index contributed by atoms with van der Waals surface area (Å²) < 4.78 is 0. The Morgan fingerprint density at radius 1 is 1.40 bits per heavy atom. The van der Waals surface area contributed by atoms with Crippen LogP contribution in [0.1, 0.15) is 39.8 Å². The maximum absolute atomic E-state index is 11.1. The topological polar surface area (TPSA) is 42.0 Å². The van der Waals surface area contributed by atoms with Crippen molar-refractivity contribution in [3.63, 3.8) is 0 Å². The molecule has 1 heterocycles. The molecule has 3 heteroatoms. The van der Waals surface area contributed by atoms with Crippen molar-refractivity contribution in [1.29, 1.82) is 0 Å². The zero-order chi connectivity index (χ0) is 11.5. The van der Waals surface area contributed by atoms with Crippen LogP contribution in [0, 0.1) is 0 Å². The van der Waals surface area contributed by atoms with Crippen LogP contribution in [0.3, 0.4) is 0 Å². The number of aromatic nitrogens is 1. The van der Waals surface area contributed by atoms with Gasteiger partial charge in [-0.25, -0.2) is 0 Å². The molecule has 0 aliphatic carbocycles. The summed E-state index contributed by atoms with van der Waals surface area (Å²) >= 11 is 0. The van der Waals surface area contributed by atoms with Gasteiger partial charge in [-0.3, -0.25) is 9.78 Å². The van der Waals surface area contributed by atoms with Gasteiger partial charge in [0.15, 0.2) is 0 Å². The Labute approximate surface area is 90.9 Å². The summed E-state index contributed by atoms with van der Waals surface area (Å²) in [6.45, 7) is 8.16. The molecular weight excluding hydrogens is 188 g/mol. The lowest BCUT2D eigenvalue weighted by Gasteiger charge is -2.17. The molecule has 1 aromatic heterocycles. The van der Waals surface area contributed by atoms with E-state index in [1.807, 2.05) is 19.1 Å². The quantitative estimate of drug-likeness (QED) is 0.808. The molecule has 0 atom stereocenters. The third-order valence-electron chi connectivity index (χ3n) is 2.14. The Balaban J connectivity index is 2.77. The molecule has 1 amide bonds. The number of amides is 1. The van der Waals surface area contributed by atoms with Crippen LogP contribution in [0.2, 0.25) is 0 Å². The number of nitrogens with zero attached hydrogens (tertiary/aromatic N) is 1. The van der Waals surface area contributed by atoms with E-state index in [1.54, 1.807) is 6.20 Å². The van der Waals surface area contributed by atoms with E-state index < -0.39 is 0 Å². The fourth-order valence-corrected chi connectivity index (χ4v) is 1.16. The molecule has 3 nitrogen and oxygen atoms in total. The van der Waals surface area contributed by atoms with Gasteiger partial charge in [0.05, 0.1) is 11.9 Å². The van der Waals surface area contributed by atoms with Crippen LogP contribution in [0.25, 0.3) is 0 Å². The maximum atomic E-state index is 11.1. The van der Waals surface area contributed by atoms with Crippen molar-refractivity contribution in [2.75, 3.05) is 5.32 Å². The average molecular weight is 206 g/mol. The monoisotopic (exact) mass is 206 g/mol. The van der Waals surface area contributed by atoms with E-state index in [0.29, 0.717) is 6.42 Å². The molecule has 1 aromatic rings. The third-order valence-corrected chi connectivity index (χ3v) is 2.14. The standard InChI is InChI=1S/C12H18N2O/c1-5-11(15)14-9-6-7-10(13-8-9)12(2,3)4/h6-8H,5H2,1-4H3,(H,14,15). The van der Waals surface area contributed by atoms with Gasteiger partial charge in [-0.15, -0.1) is 0 Å². The molecule has 82 valence electrons. The van der Waals surface area contributed by atoms with E-state index in [1.165, 1.54) is 0 Å². The van der Waals surface area contributed by atoms with E-state index >= 15 is 0 Å². The lowest BCUT2D eigenvalue weighted by atomic mass is 9.92. The van der Waals surface area contributed by atoms with Crippen molar-refractivity contribution in [2.24, 2.45) is 0 Å². The Hall–Kier alpha value is -1.38. The zero-order valence-corrected chi connectivity index (χ0v) is 9.79. The van der Waals surface area contributed by atoms with Crippen LogP contribution in [-0.2, 0) is 10.2 Å². The number of anilines is 1. The summed E-state index contributed by atoms with van der Waals surface area (Å²) in [6, 6.07) is 3.84. The smallest absolute Gasteiger partial charge is 0.224 e. The van der Waals surface area contributed by atoms with E-state index in [-0.39, 0.29) is 11.3 Å². The fourth-order valence-electron chi connectivity index (χ4n) is 1.16. The minimum atomic E-state index is 0.0142. The minimum Gasteiger partial charge on any atom is -0.325 e. The van der Waals surface area contributed by atoms with E-state index in [0.717, 1.165) is 11.4 Å². The second-order valence-electron chi connectivity index (χ2n) is 4.58. The lowest BCUT2D eigenvalue weighted by molar-refractivity contribution is -0.115. The van der Waals surface area contributed by atoms with Crippen molar-refractivity contribution in [3.05, 3.63) is 24.0 Å². The highest BCUT2D eigenvalue weighted by atomic mass is 16.1. The fraction of sp³-hybridized carbons (Fsp3) is 0.500. The predicted molar refractivity (Wildman–Crippen MR) is 61.9 cm³/mol. The molecule has 0 fully saturated rings. The number of pyridine rings is 1. The maximum Gasteiger partial charge on any atom is 0.224 e. The van der Waals surface area contributed by atoms with Gasteiger partial charge >= 0.3 is 0 Å². The lowest BCUT2D eigenvalue weighted by Crippen LogP contribution is -2.14. The summed E-state index contributed by atoms with van der Waals surface area (Å²) in [7, 11) is 0. The number of hydrogen-bond acceptors (Lipinski definition) is 2. The van der Waals surface area contributed by atoms with Crippen LogP contribution < -0.4 is 5.32 Å². The Morgan fingerprint density at radius 3 is 2.47 bits per heavy atom. The molecule has 0 bridgehead atoms. The number of hydrogen-bond donors (Lipinski definition) is 1. The summed E-state index contributed by atoms with van der Waals surface area (Å²) in [4.78, 5) is 15.4. The number of rotatable bonds is 2. The van der Waals surface area contributed by atoms with Crippen molar-refractivity contribution in [2.45, 2.75) is 39.5 Å². The first-order valence-corrected chi connectivity index (χ1v) is 5.20. The molecule has 0 aliphatic heterocycles. The van der Waals surface area contributed by atoms with Crippen molar-refractivity contribution in [1.82, 2.24) is 4.98 Å². The molecule has 15 heavy (non-hydrogen) atoms. The third kappa shape index (κ3) is 3.35. The molecule has 0 saturated heterocycles. The number of carbonyl (C=O) groups excluding carboxylic acids is 1. The first-order valence-electron chi connectivity index (χ1n) is 5.20. The molecule has 1 N–H and O–H groups in total. The minimum absolute atomic E-state index is 0.0142. The van der Waals surface area contributed by atoms with Gasteiger partial charge in [0.2, 0.25) is 5.91 Å². The summed E-state index contributed by atoms with van der Waals surface area (Å²) in [6.07, 6.45) is 2.19. The van der Waals surface area contributed by atoms with E-state index in [2.05, 4.69) is 31.1 Å². The summed E-state index contributed by atoms with van der Waals surface area (Å²) in [5.41, 5.74) is 1.83. The Kier molecular flexibility index (Phi) is 3.45. The molecule has 0 radical (unpaired) electrons. The highest BCUT2D eigenvalue weighted by Gasteiger charge is 2.14. The first kappa shape index (κ1) is 11.7. The van der Waals surface area contributed by atoms with Gasteiger partial charge in [-0.05, 0) is 12.1 Å². The van der Waals surface area contributed by atoms with Crippen molar-refractivity contribution < 1.29 is 4.79 Å². The number of nitrogens with one attached hydrogen (secondary N) is 1. The molecule has 0 aromatic carbocycles. The van der Waals surface area contributed by atoms with Crippen LogP contribution in [-0.4, -0.2) is 10.9 Å². The van der Waals surface area contributed by atoms with Crippen LogP contribution >= 0.6 is 0 Å². The normalized spacial score (nSPS) is 11.2. The van der Waals surface area contributed by atoms with Gasteiger partial charge < -0.3 is 5.32 Å². The molecule has 0 saturated carbocycles. The summed E-state index contributed by atoms with van der Waals surface area (Å²) in [5, 5.41) is 2.77. The second kappa shape index (κ2) is 4.43. The molecule has 1 rings (SSSR count). The van der Waals surface area contributed by atoms with Crippen LogP contribution in [0.15, 0.2) is 18.3 Å². The Bertz CT molecular complexity index is 336. The first-order chi connectivity index (χ1) is 6.93. The molecule has 0 unspecified atom stereocenters. The Morgan fingerprint density at radius 2 is 2.07 bits per heavy atom. The largest absolute Gasteiger partial charge is 0.325 e. The van der Waals surface area contributed by atoms with Gasteiger partial charge in [-0.2, -0.15) is 0 Å². The van der Waals surface area contributed by atoms with Crippen molar-refractivity contribution in [3.8, 4) is 0 Å². The van der Waals surface area contributed by atoms with Crippen LogP contribution in [0.5, 0.6) is 0 Å². The molecule has 0 spiro atoms.